The Labute approximate surface area is 193 Å². The normalized spacial score (nSPS) is 17.4. The second-order valence-electron chi connectivity index (χ2n) is 8.17. The molecule has 2 aromatic heterocycles. The summed E-state index contributed by atoms with van der Waals surface area (Å²) < 4.78 is 36.2. The van der Waals surface area contributed by atoms with E-state index in [2.05, 4.69) is 10.4 Å². The quantitative estimate of drug-likeness (QED) is 0.501. The summed E-state index contributed by atoms with van der Waals surface area (Å²) in [5, 5.41) is 8.20. The summed E-state index contributed by atoms with van der Waals surface area (Å²) in [6, 6.07) is 8.87. The van der Waals surface area contributed by atoms with Crippen molar-refractivity contribution in [2.45, 2.75) is 25.8 Å². The van der Waals surface area contributed by atoms with Crippen LogP contribution in [-0.2, 0) is 14.6 Å². The van der Waals surface area contributed by atoms with Crippen LogP contribution < -0.4 is 10.1 Å². The van der Waals surface area contributed by atoms with Gasteiger partial charge in [0, 0.05) is 25.8 Å². The van der Waals surface area contributed by atoms with Gasteiger partial charge in [-0.25, -0.2) is 18.1 Å². The number of carbonyl (C=O) groups excluding carboxylic acids is 1. The number of nitrogens with zero attached hydrogens (tertiary/aromatic N) is 3. The fourth-order valence-electron chi connectivity index (χ4n) is 4.14. The largest absolute Gasteiger partial charge is 0.497 e. The van der Waals surface area contributed by atoms with E-state index in [0.29, 0.717) is 59.7 Å². The van der Waals surface area contributed by atoms with Crippen LogP contribution in [0.2, 0.25) is 0 Å². The summed E-state index contributed by atoms with van der Waals surface area (Å²) in [5.74, 6) is 0.641. The van der Waals surface area contributed by atoms with Gasteiger partial charge in [-0.1, -0.05) is 0 Å². The Bertz CT molecular complexity index is 1270. The van der Waals surface area contributed by atoms with Crippen molar-refractivity contribution in [2.24, 2.45) is 0 Å². The van der Waals surface area contributed by atoms with Crippen LogP contribution in [0.15, 0.2) is 30.3 Å². The molecule has 4 rings (SSSR count). The summed E-state index contributed by atoms with van der Waals surface area (Å²) in [6.45, 7) is 2.84. The topological polar surface area (TPSA) is 112 Å². The van der Waals surface area contributed by atoms with E-state index in [-0.39, 0.29) is 23.5 Å². The van der Waals surface area contributed by atoms with E-state index >= 15 is 0 Å². The van der Waals surface area contributed by atoms with E-state index in [1.165, 1.54) is 0 Å². The molecule has 3 aromatic rings. The molecule has 9 nitrogen and oxygen atoms in total. The fraction of sp³-hybridized carbons (Fsp3) is 0.435. The van der Waals surface area contributed by atoms with Gasteiger partial charge in [0.2, 0.25) is 0 Å². The molecule has 0 saturated carbocycles. The lowest BCUT2D eigenvalue weighted by Gasteiger charge is -2.12. The van der Waals surface area contributed by atoms with Crippen LogP contribution in [0.1, 0.15) is 34.9 Å². The highest BCUT2D eigenvalue weighted by Crippen LogP contribution is 2.32. The number of sulfone groups is 1. The number of ether oxygens (including phenoxy) is 2. The number of rotatable bonds is 8. The molecule has 1 aromatic carbocycles. The molecule has 1 aliphatic rings. The number of aromatic nitrogens is 3. The van der Waals surface area contributed by atoms with Gasteiger partial charge in [0.05, 0.1) is 47.0 Å². The Hall–Kier alpha value is -2.98. The van der Waals surface area contributed by atoms with Crippen molar-refractivity contribution in [3.63, 3.8) is 0 Å². The average molecular weight is 473 g/mol. The molecule has 1 fully saturated rings. The van der Waals surface area contributed by atoms with Gasteiger partial charge in [-0.2, -0.15) is 5.10 Å². The van der Waals surface area contributed by atoms with Gasteiger partial charge in [0.1, 0.15) is 5.75 Å². The fourth-order valence-corrected chi connectivity index (χ4v) is 5.83. The number of hydrogen-bond acceptors (Lipinski definition) is 7. The molecule has 0 bridgehead atoms. The number of hydrogen-bond donors (Lipinski definition) is 1. The van der Waals surface area contributed by atoms with Crippen molar-refractivity contribution >= 4 is 26.8 Å². The SMILES string of the molecule is COCCCNC(=O)c1cc(-c2ccc(OC)cc2)nc2c1c(C)nn2[C@@H]1CCS(=O)(=O)C1. The zero-order chi connectivity index (χ0) is 23.6. The third kappa shape index (κ3) is 4.86. The van der Waals surface area contributed by atoms with Crippen molar-refractivity contribution in [3.05, 3.63) is 41.6 Å². The Morgan fingerprint density at radius 1 is 1.24 bits per heavy atom. The minimum atomic E-state index is -3.11. The molecule has 0 aliphatic carbocycles. The second-order valence-corrected chi connectivity index (χ2v) is 10.4. The van der Waals surface area contributed by atoms with Crippen LogP contribution in [0.3, 0.4) is 0 Å². The van der Waals surface area contributed by atoms with Crippen LogP contribution in [0.4, 0.5) is 0 Å². The minimum absolute atomic E-state index is 0.0240. The third-order valence-corrected chi connectivity index (χ3v) is 7.58. The van der Waals surface area contributed by atoms with Gasteiger partial charge < -0.3 is 14.8 Å². The number of carbonyl (C=O) groups is 1. The molecule has 1 saturated heterocycles. The lowest BCUT2D eigenvalue weighted by molar-refractivity contribution is 0.0950. The molecule has 33 heavy (non-hydrogen) atoms. The van der Waals surface area contributed by atoms with E-state index in [9.17, 15) is 13.2 Å². The van der Waals surface area contributed by atoms with E-state index in [4.69, 9.17) is 14.5 Å². The van der Waals surface area contributed by atoms with E-state index in [0.717, 1.165) is 5.56 Å². The van der Waals surface area contributed by atoms with E-state index in [1.54, 1.807) is 25.0 Å². The summed E-state index contributed by atoms with van der Waals surface area (Å²) >= 11 is 0. The van der Waals surface area contributed by atoms with Crippen molar-refractivity contribution < 1.29 is 22.7 Å². The first-order valence-corrected chi connectivity index (χ1v) is 12.7. The van der Waals surface area contributed by atoms with E-state index in [1.807, 2.05) is 31.2 Å². The monoisotopic (exact) mass is 472 g/mol. The lowest BCUT2D eigenvalue weighted by Crippen LogP contribution is -2.25. The van der Waals surface area contributed by atoms with Gasteiger partial charge in [-0.3, -0.25) is 4.79 Å². The third-order valence-electron chi connectivity index (χ3n) is 5.83. The van der Waals surface area contributed by atoms with Crippen LogP contribution in [0.25, 0.3) is 22.3 Å². The lowest BCUT2D eigenvalue weighted by atomic mass is 10.0. The molecule has 1 atom stereocenters. The molecule has 3 heterocycles. The number of methoxy groups -OCH3 is 2. The Morgan fingerprint density at radius 2 is 2.00 bits per heavy atom. The second kappa shape index (κ2) is 9.48. The minimum Gasteiger partial charge on any atom is -0.497 e. The predicted molar refractivity (Wildman–Crippen MR) is 125 cm³/mol. The average Bonchev–Trinajstić information content (AvgIpc) is 3.34. The van der Waals surface area contributed by atoms with Crippen molar-refractivity contribution in [1.29, 1.82) is 0 Å². The standard InChI is InChI=1S/C23H28N4O5S/c1-15-21-19(23(28)24-10-4-11-31-2)13-20(16-5-7-18(32-3)8-6-16)25-22(21)27(26-15)17-9-12-33(29,30)14-17/h5-8,13,17H,4,9-12,14H2,1-3H3,(H,24,28)/t17-/m1/s1. The number of fused-ring (bicyclic) bond motifs is 1. The molecule has 0 spiro atoms. The number of pyridine rings is 1. The number of nitrogens with one attached hydrogen (secondary N) is 1. The zero-order valence-electron chi connectivity index (χ0n) is 19.0. The first-order chi connectivity index (χ1) is 15.8. The molecule has 176 valence electrons. The highest BCUT2D eigenvalue weighted by atomic mass is 32.2. The molecular weight excluding hydrogens is 444 g/mol. The molecule has 1 aliphatic heterocycles. The van der Waals surface area contributed by atoms with E-state index < -0.39 is 9.84 Å². The van der Waals surface area contributed by atoms with Crippen molar-refractivity contribution in [1.82, 2.24) is 20.1 Å². The number of aryl methyl sites for hydroxylation is 1. The molecular formula is C23H28N4O5S. The number of benzene rings is 1. The molecule has 1 amide bonds. The first kappa shape index (κ1) is 23.2. The first-order valence-electron chi connectivity index (χ1n) is 10.8. The van der Waals surface area contributed by atoms with Gasteiger partial charge in [0.25, 0.3) is 5.91 Å². The summed E-state index contributed by atoms with van der Waals surface area (Å²) in [6.07, 6.45) is 1.17. The smallest absolute Gasteiger partial charge is 0.252 e. The maximum atomic E-state index is 13.2. The Kier molecular flexibility index (Phi) is 6.66. The molecule has 0 unspecified atom stereocenters. The zero-order valence-corrected chi connectivity index (χ0v) is 19.8. The van der Waals surface area contributed by atoms with Gasteiger partial charge in [-0.05, 0) is 50.1 Å². The summed E-state index contributed by atoms with van der Waals surface area (Å²) in [5.41, 5.74) is 3.05. The molecule has 1 N–H and O–H groups in total. The van der Waals surface area contributed by atoms with Crippen LogP contribution >= 0.6 is 0 Å². The maximum absolute atomic E-state index is 13.2. The highest BCUT2D eigenvalue weighted by Gasteiger charge is 2.32. The molecule has 10 heteroatoms. The Balaban J connectivity index is 1.82. The van der Waals surface area contributed by atoms with Crippen molar-refractivity contribution in [3.8, 4) is 17.0 Å². The maximum Gasteiger partial charge on any atom is 0.252 e. The van der Waals surface area contributed by atoms with Gasteiger partial charge >= 0.3 is 0 Å². The number of amides is 1. The Morgan fingerprint density at radius 3 is 2.64 bits per heavy atom. The van der Waals surface area contributed by atoms with Crippen molar-refractivity contribution in [2.75, 3.05) is 38.9 Å². The summed E-state index contributed by atoms with van der Waals surface area (Å²) in [7, 11) is 0.110. The van der Waals surface area contributed by atoms with Crippen LogP contribution in [0, 0.1) is 6.92 Å². The van der Waals surface area contributed by atoms with Crippen LogP contribution in [0.5, 0.6) is 5.75 Å². The van der Waals surface area contributed by atoms with Gasteiger partial charge in [0.15, 0.2) is 15.5 Å². The predicted octanol–water partition coefficient (Wildman–Crippen LogP) is 2.54. The van der Waals surface area contributed by atoms with Crippen LogP contribution in [-0.4, -0.2) is 68.0 Å². The molecule has 0 radical (unpaired) electrons. The summed E-state index contributed by atoms with van der Waals surface area (Å²) in [4.78, 5) is 18.0. The highest BCUT2D eigenvalue weighted by molar-refractivity contribution is 7.91. The van der Waals surface area contributed by atoms with Gasteiger partial charge in [-0.15, -0.1) is 0 Å².